The highest BCUT2D eigenvalue weighted by Crippen LogP contribution is 2.23. The van der Waals surface area contributed by atoms with Crippen LogP contribution >= 0.6 is 0 Å². The Morgan fingerprint density at radius 2 is 2.06 bits per heavy atom. The van der Waals surface area contributed by atoms with Crippen LogP contribution in [0.5, 0.6) is 0 Å². The first kappa shape index (κ1) is 13.1. The number of nitrogens with zero attached hydrogens (tertiary/aromatic N) is 3. The molecule has 0 aromatic carbocycles. The molecule has 1 aromatic heterocycles. The molecule has 0 fully saturated rings. The van der Waals surface area contributed by atoms with Crippen LogP contribution in [-0.2, 0) is 11.3 Å². The zero-order chi connectivity index (χ0) is 12.3. The molecule has 0 aliphatic carbocycles. The van der Waals surface area contributed by atoms with Crippen LogP contribution in [0.1, 0.15) is 44.3 Å². The van der Waals surface area contributed by atoms with Crippen molar-refractivity contribution in [2.75, 3.05) is 7.11 Å². The Kier molecular flexibility index (Phi) is 4.40. The minimum Gasteiger partial charge on any atom is -0.391 e. The van der Waals surface area contributed by atoms with Crippen LogP contribution in [-0.4, -0.2) is 33.3 Å². The first-order valence-corrected chi connectivity index (χ1v) is 5.37. The summed E-state index contributed by atoms with van der Waals surface area (Å²) in [6, 6.07) is -0.152. The van der Waals surface area contributed by atoms with Crippen molar-refractivity contribution in [2.24, 2.45) is 5.73 Å². The molecule has 0 spiro atoms. The van der Waals surface area contributed by atoms with Gasteiger partial charge in [0.2, 0.25) is 0 Å². The van der Waals surface area contributed by atoms with Crippen molar-refractivity contribution in [3.8, 4) is 0 Å². The number of methoxy groups -OCH3 is 1. The van der Waals surface area contributed by atoms with Crippen molar-refractivity contribution < 1.29 is 9.84 Å². The Balaban J connectivity index is 3.14. The summed E-state index contributed by atoms with van der Waals surface area (Å²) in [6.07, 6.45) is -0.648. The van der Waals surface area contributed by atoms with Gasteiger partial charge >= 0.3 is 0 Å². The van der Waals surface area contributed by atoms with Crippen LogP contribution < -0.4 is 5.73 Å². The number of ether oxygens (including phenoxy) is 1. The third-order valence-electron chi connectivity index (χ3n) is 2.82. The smallest absolute Gasteiger partial charge is 0.102 e. The second kappa shape index (κ2) is 5.38. The Morgan fingerprint density at radius 1 is 1.44 bits per heavy atom. The van der Waals surface area contributed by atoms with E-state index >= 15 is 0 Å². The molecule has 6 nitrogen and oxygen atoms in total. The molecule has 16 heavy (non-hydrogen) atoms. The Labute approximate surface area is 95.4 Å². The minimum absolute atomic E-state index is 0.144. The summed E-state index contributed by atoms with van der Waals surface area (Å²) >= 11 is 0. The molecule has 92 valence electrons. The highest BCUT2D eigenvalue weighted by molar-refractivity contribution is 5.13. The maximum Gasteiger partial charge on any atom is 0.102 e. The van der Waals surface area contributed by atoms with E-state index in [2.05, 4.69) is 10.3 Å². The number of aliphatic hydroxyl groups excluding tert-OH is 1. The van der Waals surface area contributed by atoms with Crippen LogP contribution in [0, 0.1) is 0 Å². The van der Waals surface area contributed by atoms with E-state index in [1.165, 1.54) is 0 Å². The average molecular weight is 228 g/mol. The van der Waals surface area contributed by atoms with Gasteiger partial charge in [0.05, 0.1) is 23.9 Å². The van der Waals surface area contributed by atoms with Gasteiger partial charge in [0.1, 0.15) is 5.69 Å². The van der Waals surface area contributed by atoms with Crippen molar-refractivity contribution in [3.05, 3.63) is 11.4 Å². The van der Waals surface area contributed by atoms with Gasteiger partial charge in [-0.2, -0.15) is 0 Å². The van der Waals surface area contributed by atoms with Crippen molar-refractivity contribution in [1.29, 1.82) is 0 Å². The molecule has 0 aliphatic heterocycles. The van der Waals surface area contributed by atoms with E-state index in [1.54, 1.807) is 18.7 Å². The fourth-order valence-electron chi connectivity index (χ4n) is 1.52. The monoisotopic (exact) mass is 228 g/mol. The summed E-state index contributed by atoms with van der Waals surface area (Å²) < 4.78 is 6.95. The Morgan fingerprint density at radius 3 is 2.50 bits per heavy atom. The van der Waals surface area contributed by atoms with Crippen molar-refractivity contribution in [2.45, 2.75) is 45.6 Å². The molecule has 0 radical (unpaired) electrons. The van der Waals surface area contributed by atoms with Gasteiger partial charge in [0, 0.05) is 13.7 Å². The summed E-state index contributed by atoms with van der Waals surface area (Å²) in [6.45, 7) is 5.82. The quantitative estimate of drug-likeness (QED) is 0.761. The molecule has 0 bridgehead atoms. The molecular weight excluding hydrogens is 208 g/mol. The van der Waals surface area contributed by atoms with E-state index in [0.29, 0.717) is 12.2 Å². The summed E-state index contributed by atoms with van der Waals surface area (Å²) in [4.78, 5) is 0. The number of aromatic nitrogens is 3. The van der Waals surface area contributed by atoms with Gasteiger partial charge in [-0.1, -0.05) is 5.21 Å². The van der Waals surface area contributed by atoms with Gasteiger partial charge in [0.25, 0.3) is 0 Å². The second-order valence-electron chi connectivity index (χ2n) is 3.93. The third kappa shape index (κ3) is 2.40. The molecule has 3 unspecified atom stereocenters. The molecule has 1 rings (SSSR count). The number of aliphatic hydroxyl groups is 1. The van der Waals surface area contributed by atoms with Crippen molar-refractivity contribution in [3.63, 3.8) is 0 Å². The molecule has 0 saturated heterocycles. The predicted molar refractivity (Wildman–Crippen MR) is 59.7 cm³/mol. The third-order valence-corrected chi connectivity index (χ3v) is 2.82. The lowest BCUT2D eigenvalue weighted by molar-refractivity contribution is 0.0934. The second-order valence-corrected chi connectivity index (χ2v) is 3.93. The highest BCUT2D eigenvalue weighted by Gasteiger charge is 2.23. The summed E-state index contributed by atoms with van der Waals surface area (Å²) in [5.41, 5.74) is 7.14. The Bertz CT molecular complexity index is 338. The topological polar surface area (TPSA) is 86.2 Å². The molecule has 3 atom stereocenters. The van der Waals surface area contributed by atoms with Crippen LogP contribution in [0.15, 0.2) is 0 Å². The number of hydrogen-bond donors (Lipinski definition) is 2. The van der Waals surface area contributed by atoms with E-state index in [0.717, 1.165) is 5.69 Å². The van der Waals surface area contributed by atoms with Gasteiger partial charge in [-0.15, -0.1) is 5.10 Å². The standard InChI is InChI=1S/C10H20N4O2/c1-6(7(2)15)14-10(8(3)16-4)9(5-11)12-13-14/h6-8,15H,5,11H2,1-4H3. The lowest BCUT2D eigenvalue weighted by atomic mass is 10.1. The Hall–Kier alpha value is -0.980. The van der Waals surface area contributed by atoms with Crippen LogP contribution in [0.4, 0.5) is 0 Å². The maximum absolute atomic E-state index is 9.57. The molecular formula is C10H20N4O2. The number of hydrogen-bond acceptors (Lipinski definition) is 5. The first-order chi connectivity index (χ1) is 7.52. The summed E-state index contributed by atoms with van der Waals surface area (Å²) in [5, 5.41) is 17.6. The highest BCUT2D eigenvalue weighted by atomic mass is 16.5. The number of nitrogens with two attached hydrogens (primary N) is 1. The van der Waals surface area contributed by atoms with Gasteiger partial charge in [-0.05, 0) is 20.8 Å². The van der Waals surface area contributed by atoms with E-state index in [1.807, 2.05) is 13.8 Å². The van der Waals surface area contributed by atoms with E-state index in [9.17, 15) is 5.11 Å². The lowest BCUT2D eigenvalue weighted by Crippen LogP contribution is -2.23. The van der Waals surface area contributed by atoms with Gasteiger partial charge < -0.3 is 15.6 Å². The minimum atomic E-state index is -0.505. The summed E-state index contributed by atoms with van der Waals surface area (Å²) in [7, 11) is 1.62. The van der Waals surface area contributed by atoms with Gasteiger partial charge in [-0.25, -0.2) is 4.68 Å². The molecule has 0 aliphatic rings. The molecule has 0 amide bonds. The van der Waals surface area contributed by atoms with Crippen molar-refractivity contribution in [1.82, 2.24) is 15.0 Å². The maximum atomic E-state index is 9.57. The van der Waals surface area contributed by atoms with Crippen LogP contribution in [0.2, 0.25) is 0 Å². The normalized spacial score (nSPS) is 17.1. The van der Waals surface area contributed by atoms with E-state index < -0.39 is 6.10 Å². The first-order valence-electron chi connectivity index (χ1n) is 5.37. The molecule has 1 aromatic rings. The number of rotatable bonds is 5. The van der Waals surface area contributed by atoms with E-state index in [-0.39, 0.29) is 12.1 Å². The average Bonchev–Trinajstić information content (AvgIpc) is 2.70. The zero-order valence-electron chi connectivity index (χ0n) is 10.2. The largest absolute Gasteiger partial charge is 0.391 e. The van der Waals surface area contributed by atoms with Gasteiger partial charge in [0.15, 0.2) is 0 Å². The van der Waals surface area contributed by atoms with E-state index in [4.69, 9.17) is 10.5 Å². The predicted octanol–water partition coefficient (Wildman–Crippen LogP) is 0.386. The molecule has 6 heteroatoms. The lowest BCUT2D eigenvalue weighted by Gasteiger charge is -2.20. The molecule has 1 heterocycles. The fraction of sp³-hybridized carbons (Fsp3) is 0.800. The van der Waals surface area contributed by atoms with Crippen LogP contribution in [0.25, 0.3) is 0 Å². The zero-order valence-corrected chi connectivity index (χ0v) is 10.2. The van der Waals surface area contributed by atoms with Crippen LogP contribution in [0.3, 0.4) is 0 Å². The SMILES string of the molecule is COC(C)c1c(CN)nnn1C(C)C(C)O. The molecule has 0 saturated carbocycles. The molecule has 3 N–H and O–H groups in total. The fourth-order valence-corrected chi connectivity index (χ4v) is 1.52. The van der Waals surface area contributed by atoms with Crippen molar-refractivity contribution >= 4 is 0 Å². The summed E-state index contributed by atoms with van der Waals surface area (Å²) in [5.74, 6) is 0. The van der Waals surface area contributed by atoms with Gasteiger partial charge in [-0.3, -0.25) is 0 Å².